The molecule has 2 aliphatic heterocycles. The average molecular weight is 296 g/mol. The number of hydrogen-bond acceptors (Lipinski definition) is 3. The van der Waals surface area contributed by atoms with E-state index in [1.54, 1.807) is 23.1 Å². The van der Waals surface area contributed by atoms with Crippen molar-refractivity contribution in [1.29, 1.82) is 0 Å². The van der Waals surface area contributed by atoms with Crippen LogP contribution in [-0.4, -0.2) is 41.1 Å². The van der Waals surface area contributed by atoms with Crippen LogP contribution in [0, 0.1) is 5.92 Å². The number of rotatable bonds is 2. The van der Waals surface area contributed by atoms with Gasteiger partial charge in [-0.2, -0.15) is 0 Å². The number of likely N-dealkylation sites (tertiary alicyclic amines) is 1. The van der Waals surface area contributed by atoms with E-state index in [0.29, 0.717) is 30.2 Å². The SMILES string of the molecule is O=C(O)C1CCN(C(=O)C2Cc3cc(Cl)ccc3O2)C1. The number of hydrogen-bond donors (Lipinski definition) is 1. The molecule has 1 aromatic rings. The molecule has 1 saturated heterocycles. The number of ether oxygens (including phenoxy) is 1. The highest BCUT2D eigenvalue weighted by Crippen LogP contribution is 2.32. The Bertz CT molecular complexity index is 574. The Kier molecular flexibility index (Phi) is 3.30. The van der Waals surface area contributed by atoms with Crippen molar-refractivity contribution < 1.29 is 19.4 Å². The lowest BCUT2D eigenvalue weighted by Crippen LogP contribution is -2.40. The van der Waals surface area contributed by atoms with E-state index in [1.807, 2.05) is 0 Å². The third-order valence-corrected chi connectivity index (χ3v) is 4.06. The summed E-state index contributed by atoms with van der Waals surface area (Å²) in [5, 5.41) is 9.58. The van der Waals surface area contributed by atoms with Crippen LogP contribution in [-0.2, 0) is 16.0 Å². The molecule has 6 heteroatoms. The first kappa shape index (κ1) is 13.2. The highest BCUT2D eigenvalue weighted by atomic mass is 35.5. The van der Waals surface area contributed by atoms with Crippen LogP contribution in [0.5, 0.6) is 5.75 Å². The van der Waals surface area contributed by atoms with E-state index in [9.17, 15) is 9.59 Å². The Balaban J connectivity index is 1.67. The van der Waals surface area contributed by atoms with E-state index >= 15 is 0 Å². The fourth-order valence-corrected chi connectivity index (χ4v) is 2.92. The van der Waals surface area contributed by atoms with Crippen LogP contribution in [0.1, 0.15) is 12.0 Å². The van der Waals surface area contributed by atoms with E-state index in [2.05, 4.69) is 0 Å². The van der Waals surface area contributed by atoms with Gasteiger partial charge >= 0.3 is 5.97 Å². The lowest BCUT2D eigenvalue weighted by molar-refractivity contribution is -0.142. The molecule has 106 valence electrons. The number of amides is 1. The number of carbonyl (C=O) groups is 2. The Hall–Kier alpha value is -1.75. The van der Waals surface area contributed by atoms with Crippen molar-refractivity contribution in [3.05, 3.63) is 28.8 Å². The minimum atomic E-state index is -0.845. The fourth-order valence-electron chi connectivity index (χ4n) is 2.72. The third kappa shape index (κ3) is 2.33. The standard InChI is InChI=1S/C14H14ClNO4/c15-10-1-2-11-9(5-10)6-12(20-11)13(17)16-4-3-8(7-16)14(18)19/h1-2,5,8,12H,3-4,6-7H2,(H,18,19). The van der Waals surface area contributed by atoms with Crippen molar-refractivity contribution in [3.8, 4) is 5.75 Å². The molecule has 2 aliphatic rings. The number of fused-ring (bicyclic) bond motifs is 1. The maximum atomic E-state index is 12.3. The van der Waals surface area contributed by atoms with E-state index in [4.69, 9.17) is 21.4 Å². The van der Waals surface area contributed by atoms with Gasteiger partial charge in [0.2, 0.25) is 0 Å². The summed E-state index contributed by atoms with van der Waals surface area (Å²) < 4.78 is 5.63. The lowest BCUT2D eigenvalue weighted by atomic mass is 10.1. The van der Waals surface area contributed by atoms with Gasteiger partial charge in [0.1, 0.15) is 5.75 Å². The first-order valence-corrected chi connectivity index (χ1v) is 6.89. The number of halogens is 1. The second-order valence-electron chi connectivity index (χ2n) is 5.17. The highest BCUT2D eigenvalue weighted by Gasteiger charge is 2.37. The smallest absolute Gasteiger partial charge is 0.308 e. The number of nitrogens with zero attached hydrogens (tertiary/aromatic N) is 1. The van der Waals surface area contributed by atoms with Gasteiger partial charge in [0.05, 0.1) is 5.92 Å². The zero-order chi connectivity index (χ0) is 14.3. The van der Waals surface area contributed by atoms with Gasteiger partial charge in [-0.15, -0.1) is 0 Å². The van der Waals surface area contributed by atoms with E-state index in [-0.39, 0.29) is 12.5 Å². The molecule has 0 spiro atoms. The normalized spacial score (nSPS) is 24.4. The van der Waals surface area contributed by atoms with Crippen LogP contribution >= 0.6 is 11.6 Å². The maximum Gasteiger partial charge on any atom is 0.308 e. The minimum Gasteiger partial charge on any atom is -0.481 e. The van der Waals surface area contributed by atoms with E-state index < -0.39 is 18.0 Å². The summed E-state index contributed by atoms with van der Waals surface area (Å²) in [5.74, 6) is -0.761. The number of carboxylic acid groups (broad SMARTS) is 1. The molecule has 3 rings (SSSR count). The molecule has 0 aliphatic carbocycles. The summed E-state index contributed by atoms with van der Waals surface area (Å²) in [6.07, 6.45) is 0.436. The monoisotopic (exact) mass is 295 g/mol. The summed E-state index contributed by atoms with van der Waals surface area (Å²) >= 11 is 5.92. The molecule has 2 unspecified atom stereocenters. The molecule has 1 aromatic carbocycles. The molecule has 5 nitrogen and oxygen atoms in total. The second kappa shape index (κ2) is 4.98. The molecule has 0 radical (unpaired) electrons. The number of carboxylic acids is 1. The molecule has 20 heavy (non-hydrogen) atoms. The van der Waals surface area contributed by atoms with Crippen LogP contribution in [0.3, 0.4) is 0 Å². The lowest BCUT2D eigenvalue weighted by Gasteiger charge is -2.19. The van der Waals surface area contributed by atoms with Crippen molar-refractivity contribution in [3.63, 3.8) is 0 Å². The molecular weight excluding hydrogens is 282 g/mol. The van der Waals surface area contributed by atoms with Crippen LogP contribution in [0.4, 0.5) is 0 Å². The Morgan fingerprint density at radius 1 is 1.40 bits per heavy atom. The van der Waals surface area contributed by atoms with Gasteiger partial charge in [0.25, 0.3) is 5.91 Å². The molecule has 0 bridgehead atoms. The summed E-state index contributed by atoms with van der Waals surface area (Å²) in [6.45, 7) is 0.748. The van der Waals surface area contributed by atoms with Crippen LogP contribution < -0.4 is 4.74 Å². The van der Waals surface area contributed by atoms with Gasteiger partial charge in [0, 0.05) is 24.5 Å². The molecule has 0 saturated carbocycles. The topological polar surface area (TPSA) is 66.8 Å². The molecule has 1 N–H and O–H groups in total. The van der Waals surface area contributed by atoms with Crippen molar-refractivity contribution >= 4 is 23.5 Å². The summed E-state index contributed by atoms with van der Waals surface area (Å²) in [7, 11) is 0. The highest BCUT2D eigenvalue weighted by molar-refractivity contribution is 6.30. The largest absolute Gasteiger partial charge is 0.481 e. The predicted molar refractivity (Wildman–Crippen MR) is 71.9 cm³/mol. The minimum absolute atomic E-state index is 0.138. The summed E-state index contributed by atoms with van der Waals surface area (Å²) in [4.78, 5) is 24.8. The number of benzene rings is 1. The maximum absolute atomic E-state index is 12.3. The van der Waals surface area contributed by atoms with E-state index in [0.717, 1.165) is 5.56 Å². The van der Waals surface area contributed by atoms with Gasteiger partial charge in [0.15, 0.2) is 6.10 Å². The van der Waals surface area contributed by atoms with Crippen molar-refractivity contribution in [2.75, 3.05) is 13.1 Å². The molecular formula is C14H14ClNO4. The van der Waals surface area contributed by atoms with Crippen LogP contribution in [0.15, 0.2) is 18.2 Å². The first-order chi connectivity index (χ1) is 9.54. The van der Waals surface area contributed by atoms with Crippen molar-refractivity contribution in [2.24, 2.45) is 5.92 Å². The molecule has 2 atom stereocenters. The summed E-state index contributed by atoms with van der Waals surface area (Å²) in [5.41, 5.74) is 0.921. The van der Waals surface area contributed by atoms with Gasteiger partial charge in [-0.05, 0) is 30.2 Å². The molecule has 1 fully saturated rings. The molecule has 0 aromatic heterocycles. The van der Waals surface area contributed by atoms with Gasteiger partial charge in [-0.25, -0.2) is 0 Å². The molecule has 1 amide bonds. The van der Waals surface area contributed by atoms with Gasteiger partial charge in [-0.1, -0.05) is 11.6 Å². The Morgan fingerprint density at radius 2 is 2.20 bits per heavy atom. The van der Waals surface area contributed by atoms with Crippen LogP contribution in [0.25, 0.3) is 0 Å². The van der Waals surface area contributed by atoms with Gasteiger partial charge in [-0.3, -0.25) is 9.59 Å². The number of carbonyl (C=O) groups excluding carboxylic acids is 1. The first-order valence-electron chi connectivity index (χ1n) is 6.51. The quantitative estimate of drug-likeness (QED) is 0.899. The van der Waals surface area contributed by atoms with Crippen molar-refractivity contribution in [2.45, 2.75) is 18.9 Å². The zero-order valence-electron chi connectivity index (χ0n) is 10.7. The predicted octanol–water partition coefficient (Wildman–Crippen LogP) is 1.58. The summed E-state index contributed by atoms with van der Waals surface area (Å²) in [6, 6.07) is 5.28. The fraction of sp³-hybridized carbons (Fsp3) is 0.429. The van der Waals surface area contributed by atoms with Crippen molar-refractivity contribution in [1.82, 2.24) is 4.90 Å². The second-order valence-corrected chi connectivity index (χ2v) is 5.61. The average Bonchev–Trinajstić information content (AvgIpc) is 3.03. The third-order valence-electron chi connectivity index (χ3n) is 3.82. The van der Waals surface area contributed by atoms with E-state index in [1.165, 1.54) is 0 Å². The Labute approximate surface area is 121 Å². The Morgan fingerprint density at radius 3 is 2.90 bits per heavy atom. The van der Waals surface area contributed by atoms with Gasteiger partial charge < -0.3 is 14.7 Å². The number of aliphatic carboxylic acids is 1. The van der Waals surface area contributed by atoms with Crippen LogP contribution in [0.2, 0.25) is 5.02 Å². The zero-order valence-corrected chi connectivity index (χ0v) is 11.5. The molecule has 2 heterocycles.